The molecule has 7 heteroatoms. The summed E-state index contributed by atoms with van der Waals surface area (Å²) in [5.74, 6) is -2.26. The number of ketones is 1. The first-order valence-electron chi connectivity index (χ1n) is 11.5. The number of hydrogen-bond acceptors (Lipinski definition) is 5. The van der Waals surface area contributed by atoms with Crippen molar-refractivity contribution in [3.05, 3.63) is 94.7 Å². The molecule has 0 fully saturated rings. The van der Waals surface area contributed by atoms with Crippen molar-refractivity contribution >= 4 is 17.2 Å². The van der Waals surface area contributed by atoms with Crippen LogP contribution in [-0.2, 0) is 11.4 Å². The minimum absolute atomic E-state index is 0.0142. The predicted molar refractivity (Wildman–Crippen MR) is 130 cm³/mol. The summed E-state index contributed by atoms with van der Waals surface area (Å²) in [5.41, 5.74) is 2.75. The van der Waals surface area contributed by atoms with Gasteiger partial charge in [-0.3, -0.25) is 4.79 Å². The lowest BCUT2D eigenvalue weighted by atomic mass is 9.73. The van der Waals surface area contributed by atoms with Crippen molar-refractivity contribution in [1.82, 2.24) is 0 Å². The molecular formula is C28H26F2N2O3. The van der Waals surface area contributed by atoms with Crippen LogP contribution >= 0.6 is 0 Å². The van der Waals surface area contributed by atoms with E-state index in [9.17, 15) is 9.90 Å². The van der Waals surface area contributed by atoms with E-state index in [0.717, 1.165) is 5.56 Å². The van der Waals surface area contributed by atoms with Gasteiger partial charge in [0.15, 0.2) is 23.2 Å². The summed E-state index contributed by atoms with van der Waals surface area (Å²) in [7, 11) is 0. The van der Waals surface area contributed by atoms with Crippen LogP contribution in [0.5, 0.6) is 11.5 Å². The summed E-state index contributed by atoms with van der Waals surface area (Å²) >= 11 is 0. The van der Waals surface area contributed by atoms with Gasteiger partial charge in [-0.1, -0.05) is 50.2 Å². The maximum absolute atomic E-state index is 15.1. The lowest BCUT2D eigenvalue weighted by Crippen LogP contribution is -2.31. The Hall–Kier alpha value is -3.87. The second-order valence-electron chi connectivity index (χ2n) is 9.82. The van der Waals surface area contributed by atoms with E-state index in [0.29, 0.717) is 35.5 Å². The maximum atomic E-state index is 15.1. The van der Waals surface area contributed by atoms with E-state index >= 15 is 8.78 Å². The monoisotopic (exact) mass is 476 g/mol. The molecule has 180 valence electrons. The zero-order valence-electron chi connectivity index (χ0n) is 19.5. The molecule has 5 rings (SSSR count). The van der Waals surface area contributed by atoms with E-state index in [1.807, 2.05) is 44.2 Å². The molecule has 2 aliphatic rings. The Labute approximate surface area is 202 Å². The average molecular weight is 477 g/mol. The van der Waals surface area contributed by atoms with Gasteiger partial charge in [0.25, 0.3) is 0 Å². The molecule has 3 aromatic rings. The standard InChI is InChI=1S/C28H26F2N2O3/c1-28(2)13-21-24(23(34)14-28)25(31-20-9-6-10-22(33)26(20)32-21)17-11-18(29)27(19(30)12-17)35-15-16-7-4-3-5-8-16/h3-12,25,31-33H,13-15H2,1-2H3. The third kappa shape index (κ3) is 4.46. The van der Waals surface area contributed by atoms with Crippen LogP contribution < -0.4 is 15.4 Å². The topological polar surface area (TPSA) is 70.6 Å². The number of carbonyl (C=O) groups excluding carboxylic acids is 1. The molecule has 1 aliphatic heterocycles. The number of benzene rings is 3. The number of carbonyl (C=O) groups is 1. The van der Waals surface area contributed by atoms with E-state index in [1.54, 1.807) is 18.2 Å². The molecular weight excluding hydrogens is 450 g/mol. The van der Waals surface area contributed by atoms with Crippen molar-refractivity contribution in [2.24, 2.45) is 5.41 Å². The molecule has 0 saturated heterocycles. The number of phenols is 1. The van der Waals surface area contributed by atoms with Gasteiger partial charge in [-0.15, -0.1) is 0 Å². The van der Waals surface area contributed by atoms with Crippen molar-refractivity contribution < 1.29 is 23.4 Å². The number of nitrogens with one attached hydrogen (secondary N) is 2. The molecule has 0 saturated carbocycles. The highest BCUT2D eigenvalue weighted by atomic mass is 19.1. The Morgan fingerprint density at radius 3 is 2.46 bits per heavy atom. The number of ether oxygens (including phenoxy) is 1. The quantitative estimate of drug-likeness (QED) is 0.377. The van der Waals surface area contributed by atoms with Gasteiger partial charge in [-0.2, -0.15) is 0 Å². The Morgan fingerprint density at radius 2 is 1.74 bits per heavy atom. The number of phenolic OH excluding ortho intramolecular Hbond substituents is 1. The fourth-order valence-corrected chi connectivity index (χ4v) is 4.82. The lowest BCUT2D eigenvalue weighted by molar-refractivity contribution is -0.118. The van der Waals surface area contributed by atoms with Gasteiger partial charge >= 0.3 is 0 Å². The third-order valence-electron chi connectivity index (χ3n) is 6.41. The van der Waals surface area contributed by atoms with Crippen LogP contribution in [0, 0.1) is 17.0 Å². The first-order chi connectivity index (χ1) is 16.7. The van der Waals surface area contributed by atoms with Crippen molar-refractivity contribution in [3.63, 3.8) is 0 Å². The Kier molecular flexibility index (Phi) is 5.71. The molecule has 3 aromatic carbocycles. The van der Waals surface area contributed by atoms with Crippen LogP contribution in [0.2, 0.25) is 0 Å². The number of hydrogen-bond donors (Lipinski definition) is 3. The van der Waals surface area contributed by atoms with Crippen LogP contribution in [0.4, 0.5) is 20.2 Å². The number of Topliss-reactive ketones (excluding diaryl/α,β-unsaturated/α-hetero) is 1. The number of para-hydroxylation sites is 1. The number of fused-ring (bicyclic) bond motifs is 1. The Balaban J connectivity index is 1.56. The minimum Gasteiger partial charge on any atom is -0.506 e. The molecule has 1 heterocycles. The molecule has 1 atom stereocenters. The van der Waals surface area contributed by atoms with Crippen molar-refractivity contribution in [2.45, 2.75) is 39.3 Å². The van der Waals surface area contributed by atoms with Crippen LogP contribution in [0.25, 0.3) is 0 Å². The van der Waals surface area contributed by atoms with Gasteiger partial charge < -0.3 is 20.5 Å². The SMILES string of the molecule is CC1(C)CC(=O)C2=C(C1)Nc1c(O)cccc1NC2c1cc(F)c(OCc2ccccc2)c(F)c1. The van der Waals surface area contributed by atoms with Crippen LogP contribution in [-0.4, -0.2) is 10.9 Å². The van der Waals surface area contributed by atoms with Gasteiger partial charge in [-0.25, -0.2) is 8.78 Å². The molecule has 35 heavy (non-hydrogen) atoms. The van der Waals surface area contributed by atoms with Gasteiger partial charge in [0, 0.05) is 17.7 Å². The first kappa shape index (κ1) is 22.9. The summed E-state index contributed by atoms with van der Waals surface area (Å²) < 4.78 is 35.7. The fourth-order valence-electron chi connectivity index (χ4n) is 4.82. The Morgan fingerprint density at radius 1 is 1.03 bits per heavy atom. The zero-order chi connectivity index (χ0) is 24.7. The van der Waals surface area contributed by atoms with Gasteiger partial charge in [0.05, 0.1) is 11.7 Å². The Bertz CT molecular complexity index is 1310. The van der Waals surface area contributed by atoms with Crippen molar-refractivity contribution in [2.75, 3.05) is 10.6 Å². The highest BCUT2D eigenvalue weighted by molar-refractivity contribution is 6.01. The molecule has 3 N–H and O–H groups in total. The average Bonchev–Trinajstić information content (AvgIpc) is 2.96. The van der Waals surface area contributed by atoms with E-state index in [-0.39, 0.29) is 29.1 Å². The van der Waals surface area contributed by atoms with Crippen LogP contribution in [0.3, 0.4) is 0 Å². The first-order valence-corrected chi connectivity index (χ1v) is 11.5. The summed E-state index contributed by atoms with van der Waals surface area (Å²) in [6.07, 6.45) is 0.848. The van der Waals surface area contributed by atoms with Crippen molar-refractivity contribution in [1.29, 1.82) is 0 Å². The van der Waals surface area contributed by atoms with Crippen LogP contribution in [0.1, 0.15) is 43.9 Å². The normalized spacial score (nSPS) is 18.6. The minimum atomic E-state index is -0.850. The predicted octanol–water partition coefficient (Wildman–Crippen LogP) is 6.47. The molecule has 0 spiro atoms. The highest BCUT2D eigenvalue weighted by Crippen LogP contribution is 2.47. The highest BCUT2D eigenvalue weighted by Gasteiger charge is 2.39. The van der Waals surface area contributed by atoms with E-state index in [4.69, 9.17) is 4.74 Å². The summed E-state index contributed by atoms with van der Waals surface area (Å²) in [6, 6.07) is 15.7. The second kappa shape index (κ2) is 8.73. The van der Waals surface area contributed by atoms with Crippen molar-refractivity contribution in [3.8, 4) is 11.5 Å². The largest absolute Gasteiger partial charge is 0.506 e. The number of aromatic hydroxyl groups is 1. The molecule has 5 nitrogen and oxygen atoms in total. The lowest BCUT2D eigenvalue weighted by Gasteiger charge is -2.34. The second-order valence-corrected chi connectivity index (χ2v) is 9.82. The zero-order valence-corrected chi connectivity index (χ0v) is 19.5. The number of anilines is 2. The van der Waals surface area contributed by atoms with Gasteiger partial charge in [0.2, 0.25) is 0 Å². The number of rotatable bonds is 4. The van der Waals surface area contributed by atoms with E-state index < -0.39 is 23.4 Å². The summed E-state index contributed by atoms with van der Waals surface area (Å²) in [4.78, 5) is 13.3. The third-order valence-corrected chi connectivity index (χ3v) is 6.41. The van der Waals surface area contributed by atoms with E-state index in [2.05, 4.69) is 10.6 Å². The molecule has 0 amide bonds. The number of allylic oxidation sites excluding steroid dienone is 1. The molecule has 0 aromatic heterocycles. The maximum Gasteiger partial charge on any atom is 0.191 e. The van der Waals surface area contributed by atoms with E-state index in [1.165, 1.54) is 12.1 Å². The molecule has 1 unspecified atom stereocenters. The molecule has 0 radical (unpaired) electrons. The smallest absolute Gasteiger partial charge is 0.191 e. The fraction of sp³-hybridized carbons (Fsp3) is 0.250. The molecule has 1 aliphatic carbocycles. The number of halogens is 2. The summed E-state index contributed by atoms with van der Waals surface area (Å²) in [5, 5.41) is 16.9. The molecule has 0 bridgehead atoms. The summed E-state index contributed by atoms with van der Waals surface area (Å²) in [6.45, 7) is 4.01. The van der Waals surface area contributed by atoms with Gasteiger partial charge in [-0.05, 0) is 47.2 Å². The van der Waals surface area contributed by atoms with Crippen LogP contribution in [0.15, 0.2) is 71.9 Å². The van der Waals surface area contributed by atoms with Gasteiger partial charge in [0.1, 0.15) is 18.0 Å².